The Labute approximate surface area is 164 Å². The Morgan fingerprint density at radius 3 is 2.68 bits per heavy atom. The standard InChI is InChI=1S/C22H23N3O3/c1-15(16-7-8-20-21(12-16)28-10-9-27-20)25(3)22(26)18-6-4-5-17(11-18)19-13-23-14-24(19)2/h4-8,11-15H,9-10H2,1-3H3. The van der Waals surface area contributed by atoms with Gasteiger partial charge in [0.2, 0.25) is 0 Å². The van der Waals surface area contributed by atoms with E-state index in [0.717, 1.165) is 28.3 Å². The van der Waals surface area contributed by atoms with E-state index in [2.05, 4.69) is 4.98 Å². The Bertz CT molecular complexity index is 1010. The van der Waals surface area contributed by atoms with Gasteiger partial charge < -0.3 is 18.9 Å². The van der Waals surface area contributed by atoms with Crippen LogP contribution >= 0.6 is 0 Å². The molecule has 6 heteroatoms. The lowest BCUT2D eigenvalue weighted by molar-refractivity contribution is 0.0742. The third-order valence-electron chi connectivity index (χ3n) is 5.17. The van der Waals surface area contributed by atoms with Crippen molar-refractivity contribution in [2.24, 2.45) is 7.05 Å². The van der Waals surface area contributed by atoms with Gasteiger partial charge in [0.25, 0.3) is 5.91 Å². The summed E-state index contributed by atoms with van der Waals surface area (Å²) in [5, 5.41) is 0. The number of benzene rings is 2. The van der Waals surface area contributed by atoms with Crippen molar-refractivity contribution < 1.29 is 14.3 Å². The lowest BCUT2D eigenvalue weighted by Gasteiger charge is -2.27. The van der Waals surface area contributed by atoms with E-state index >= 15 is 0 Å². The number of amides is 1. The van der Waals surface area contributed by atoms with Crippen molar-refractivity contribution in [3.63, 3.8) is 0 Å². The minimum atomic E-state index is -0.108. The fourth-order valence-electron chi connectivity index (χ4n) is 3.37. The number of rotatable bonds is 4. The molecule has 0 fully saturated rings. The number of ether oxygens (including phenoxy) is 2. The first-order valence-corrected chi connectivity index (χ1v) is 9.28. The molecule has 1 amide bonds. The Balaban J connectivity index is 1.57. The molecule has 1 aliphatic rings. The Morgan fingerprint density at radius 2 is 1.93 bits per heavy atom. The first-order valence-electron chi connectivity index (χ1n) is 9.28. The Hall–Kier alpha value is -3.28. The van der Waals surface area contributed by atoms with Crippen LogP contribution in [0.3, 0.4) is 0 Å². The predicted octanol–water partition coefficient (Wildman–Crippen LogP) is 3.69. The smallest absolute Gasteiger partial charge is 0.254 e. The molecule has 1 unspecified atom stereocenters. The molecular formula is C22H23N3O3. The lowest BCUT2D eigenvalue weighted by Crippen LogP contribution is -2.29. The van der Waals surface area contributed by atoms with Crippen molar-refractivity contribution in [2.45, 2.75) is 13.0 Å². The number of carbonyl (C=O) groups excluding carboxylic acids is 1. The molecule has 1 aliphatic heterocycles. The van der Waals surface area contributed by atoms with Gasteiger partial charge in [0.05, 0.1) is 24.3 Å². The predicted molar refractivity (Wildman–Crippen MR) is 107 cm³/mol. The van der Waals surface area contributed by atoms with Gasteiger partial charge in [-0.1, -0.05) is 18.2 Å². The number of aromatic nitrogens is 2. The summed E-state index contributed by atoms with van der Waals surface area (Å²) in [6, 6.07) is 13.4. The average Bonchev–Trinajstić information content (AvgIpc) is 3.17. The molecule has 28 heavy (non-hydrogen) atoms. The molecule has 1 aromatic heterocycles. The molecule has 0 radical (unpaired) electrons. The normalized spacial score (nSPS) is 13.8. The summed E-state index contributed by atoms with van der Waals surface area (Å²) in [7, 11) is 3.76. The maximum absolute atomic E-state index is 13.1. The highest BCUT2D eigenvalue weighted by molar-refractivity contribution is 5.95. The van der Waals surface area contributed by atoms with E-state index in [1.807, 2.05) is 68.1 Å². The SMILES string of the molecule is CC(c1ccc2c(c1)OCCO2)N(C)C(=O)c1cccc(-c2cncn2C)c1. The second-order valence-corrected chi connectivity index (χ2v) is 6.97. The first-order chi connectivity index (χ1) is 13.5. The van der Waals surface area contributed by atoms with E-state index in [-0.39, 0.29) is 11.9 Å². The van der Waals surface area contributed by atoms with Crippen molar-refractivity contribution in [1.29, 1.82) is 0 Å². The van der Waals surface area contributed by atoms with Gasteiger partial charge in [-0.05, 0) is 36.8 Å². The third kappa shape index (κ3) is 3.33. The highest BCUT2D eigenvalue weighted by atomic mass is 16.6. The monoisotopic (exact) mass is 377 g/mol. The fourth-order valence-corrected chi connectivity index (χ4v) is 3.37. The largest absolute Gasteiger partial charge is 0.486 e. The molecule has 0 spiro atoms. The summed E-state index contributed by atoms with van der Waals surface area (Å²) in [5.74, 6) is 1.45. The molecule has 0 saturated heterocycles. The average molecular weight is 377 g/mol. The van der Waals surface area contributed by atoms with Gasteiger partial charge in [0, 0.05) is 25.2 Å². The van der Waals surface area contributed by atoms with Gasteiger partial charge in [-0.3, -0.25) is 4.79 Å². The van der Waals surface area contributed by atoms with Gasteiger partial charge >= 0.3 is 0 Å². The van der Waals surface area contributed by atoms with Crippen molar-refractivity contribution in [1.82, 2.24) is 14.5 Å². The van der Waals surface area contributed by atoms with Crippen LogP contribution in [0.15, 0.2) is 55.0 Å². The Kier molecular flexibility index (Phi) is 4.77. The summed E-state index contributed by atoms with van der Waals surface area (Å²) >= 11 is 0. The van der Waals surface area contributed by atoms with E-state index in [1.165, 1.54) is 0 Å². The molecular weight excluding hydrogens is 354 g/mol. The molecule has 0 saturated carbocycles. The lowest BCUT2D eigenvalue weighted by atomic mass is 10.0. The maximum atomic E-state index is 13.1. The molecule has 0 N–H and O–H groups in total. The third-order valence-corrected chi connectivity index (χ3v) is 5.17. The van der Waals surface area contributed by atoms with Crippen LogP contribution in [0.25, 0.3) is 11.3 Å². The van der Waals surface area contributed by atoms with Crippen molar-refractivity contribution >= 4 is 5.91 Å². The number of aryl methyl sites for hydroxylation is 1. The van der Waals surface area contributed by atoms with E-state index in [1.54, 1.807) is 17.4 Å². The molecule has 6 nitrogen and oxygen atoms in total. The molecule has 2 aromatic carbocycles. The highest BCUT2D eigenvalue weighted by Crippen LogP contribution is 2.34. The van der Waals surface area contributed by atoms with Crippen LogP contribution in [0.4, 0.5) is 0 Å². The van der Waals surface area contributed by atoms with Crippen LogP contribution in [0.5, 0.6) is 11.5 Å². The van der Waals surface area contributed by atoms with E-state index in [4.69, 9.17) is 9.47 Å². The Morgan fingerprint density at radius 1 is 1.14 bits per heavy atom. The van der Waals surface area contributed by atoms with Gasteiger partial charge in [-0.15, -0.1) is 0 Å². The van der Waals surface area contributed by atoms with E-state index in [0.29, 0.717) is 18.8 Å². The summed E-state index contributed by atoms with van der Waals surface area (Å²) in [4.78, 5) is 19.0. The minimum absolute atomic E-state index is 0.0357. The second kappa shape index (κ2) is 7.38. The van der Waals surface area contributed by atoms with Crippen LogP contribution in [-0.4, -0.2) is 40.6 Å². The van der Waals surface area contributed by atoms with Crippen molar-refractivity contribution in [3.05, 3.63) is 66.1 Å². The van der Waals surface area contributed by atoms with Crippen molar-refractivity contribution in [3.8, 4) is 22.8 Å². The van der Waals surface area contributed by atoms with Gasteiger partial charge in [-0.25, -0.2) is 4.98 Å². The van der Waals surface area contributed by atoms with E-state index in [9.17, 15) is 4.79 Å². The maximum Gasteiger partial charge on any atom is 0.254 e. The van der Waals surface area contributed by atoms with Crippen LogP contribution in [0.2, 0.25) is 0 Å². The van der Waals surface area contributed by atoms with Crippen molar-refractivity contribution in [2.75, 3.05) is 20.3 Å². The number of imidazole rings is 1. The topological polar surface area (TPSA) is 56.6 Å². The molecule has 144 valence electrons. The highest BCUT2D eigenvalue weighted by Gasteiger charge is 2.21. The number of fused-ring (bicyclic) bond motifs is 1. The summed E-state index contributed by atoms with van der Waals surface area (Å²) in [5.41, 5.74) is 3.58. The number of carbonyl (C=O) groups is 1. The summed E-state index contributed by atoms with van der Waals surface area (Å²) < 4.78 is 13.2. The van der Waals surface area contributed by atoms with Gasteiger partial charge in [-0.2, -0.15) is 0 Å². The summed E-state index contributed by atoms with van der Waals surface area (Å²) in [6.45, 7) is 3.11. The first kappa shape index (κ1) is 18.1. The van der Waals surface area contributed by atoms with Crippen LogP contribution in [-0.2, 0) is 7.05 Å². The van der Waals surface area contributed by atoms with Gasteiger partial charge in [0.1, 0.15) is 13.2 Å². The zero-order chi connectivity index (χ0) is 19.7. The van der Waals surface area contributed by atoms with Crippen LogP contribution in [0, 0.1) is 0 Å². The molecule has 4 rings (SSSR count). The number of hydrogen-bond acceptors (Lipinski definition) is 4. The molecule has 0 aliphatic carbocycles. The molecule has 0 bridgehead atoms. The zero-order valence-corrected chi connectivity index (χ0v) is 16.3. The van der Waals surface area contributed by atoms with Crippen LogP contribution in [0.1, 0.15) is 28.9 Å². The van der Waals surface area contributed by atoms with Crippen LogP contribution < -0.4 is 9.47 Å². The molecule has 2 heterocycles. The second-order valence-electron chi connectivity index (χ2n) is 6.97. The quantitative estimate of drug-likeness (QED) is 0.696. The number of hydrogen-bond donors (Lipinski definition) is 0. The van der Waals surface area contributed by atoms with Gasteiger partial charge in [0.15, 0.2) is 11.5 Å². The molecule has 3 aromatic rings. The zero-order valence-electron chi connectivity index (χ0n) is 16.3. The minimum Gasteiger partial charge on any atom is -0.486 e. The fraction of sp³-hybridized carbons (Fsp3) is 0.273. The summed E-state index contributed by atoms with van der Waals surface area (Å²) in [6.07, 6.45) is 3.55. The number of nitrogens with zero attached hydrogens (tertiary/aromatic N) is 3. The molecule has 1 atom stereocenters. The van der Waals surface area contributed by atoms with E-state index < -0.39 is 0 Å².